The average Bonchev–Trinajstić information content (AvgIpc) is 2.93. The van der Waals surface area contributed by atoms with E-state index < -0.39 is 0 Å². The van der Waals surface area contributed by atoms with Gasteiger partial charge in [-0.25, -0.2) is 4.98 Å². The smallest absolute Gasteiger partial charge is 0.185 e. The normalized spacial score (nSPS) is 16.0. The van der Waals surface area contributed by atoms with Crippen LogP contribution in [-0.2, 0) is 6.42 Å². The molecule has 0 saturated heterocycles. The Labute approximate surface area is 115 Å². The van der Waals surface area contributed by atoms with E-state index in [2.05, 4.69) is 43.4 Å². The van der Waals surface area contributed by atoms with Gasteiger partial charge in [-0.2, -0.15) is 0 Å². The predicted octanol–water partition coefficient (Wildman–Crippen LogP) is 2.92. The summed E-state index contributed by atoms with van der Waals surface area (Å²) in [6, 6.07) is 0. The Kier molecular flexibility index (Phi) is 4.28. The van der Waals surface area contributed by atoms with Crippen molar-refractivity contribution in [1.82, 2.24) is 10.3 Å². The first-order valence-electron chi connectivity index (χ1n) is 6.84. The molecule has 0 spiro atoms. The van der Waals surface area contributed by atoms with Gasteiger partial charge in [0.05, 0.1) is 5.69 Å². The van der Waals surface area contributed by atoms with Crippen molar-refractivity contribution >= 4 is 16.5 Å². The Hall–Kier alpha value is -0.610. The van der Waals surface area contributed by atoms with Crippen molar-refractivity contribution in [1.29, 1.82) is 0 Å². The Morgan fingerprint density at radius 2 is 2.17 bits per heavy atom. The highest BCUT2D eigenvalue weighted by atomic mass is 32.1. The van der Waals surface area contributed by atoms with Crippen LogP contribution < -0.4 is 10.2 Å². The lowest BCUT2D eigenvalue weighted by molar-refractivity contribution is 0.429. The molecule has 0 aliphatic heterocycles. The van der Waals surface area contributed by atoms with E-state index in [-0.39, 0.29) is 5.54 Å². The molecule has 0 radical (unpaired) electrons. The maximum Gasteiger partial charge on any atom is 0.185 e. The standard InChI is InChI=1S/C14H25N3S/c1-14(2,3)15-8-7-12-10-18-13(16-12)17(4)9-11-5-6-11/h10-11,15H,5-9H2,1-4H3. The molecule has 1 aromatic heterocycles. The summed E-state index contributed by atoms with van der Waals surface area (Å²) in [5.41, 5.74) is 1.41. The van der Waals surface area contributed by atoms with Crippen molar-refractivity contribution in [3.63, 3.8) is 0 Å². The van der Waals surface area contributed by atoms with E-state index in [0.717, 1.165) is 18.9 Å². The molecule has 0 aromatic carbocycles. The maximum atomic E-state index is 4.72. The molecule has 0 amide bonds. The second-order valence-electron chi connectivity index (χ2n) is 6.37. The second kappa shape index (κ2) is 5.57. The van der Waals surface area contributed by atoms with Crippen LogP contribution in [0.1, 0.15) is 39.3 Å². The SMILES string of the molecule is CN(CC1CC1)c1nc(CCNC(C)(C)C)cs1. The molecule has 4 heteroatoms. The van der Waals surface area contributed by atoms with E-state index in [9.17, 15) is 0 Å². The Balaban J connectivity index is 1.78. The van der Waals surface area contributed by atoms with E-state index in [4.69, 9.17) is 4.98 Å². The van der Waals surface area contributed by atoms with Gasteiger partial charge >= 0.3 is 0 Å². The van der Waals surface area contributed by atoms with E-state index in [1.165, 1.54) is 30.2 Å². The van der Waals surface area contributed by atoms with E-state index in [0.29, 0.717) is 0 Å². The van der Waals surface area contributed by atoms with Crippen molar-refractivity contribution < 1.29 is 0 Å². The minimum absolute atomic E-state index is 0.196. The van der Waals surface area contributed by atoms with Gasteiger partial charge in [0, 0.05) is 37.5 Å². The van der Waals surface area contributed by atoms with Crippen LogP contribution in [0.25, 0.3) is 0 Å². The van der Waals surface area contributed by atoms with Crippen LogP contribution in [0.15, 0.2) is 5.38 Å². The van der Waals surface area contributed by atoms with Crippen LogP contribution in [0, 0.1) is 5.92 Å². The lowest BCUT2D eigenvalue weighted by Crippen LogP contribution is -2.37. The zero-order chi connectivity index (χ0) is 13.2. The topological polar surface area (TPSA) is 28.2 Å². The Morgan fingerprint density at radius 3 is 2.78 bits per heavy atom. The highest BCUT2D eigenvalue weighted by Gasteiger charge is 2.23. The van der Waals surface area contributed by atoms with Gasteiger partial charge in [-0.3, -0.25) is 0 Å². The highest BCUT2D eigenvalue weighted by Crippen LogP contribution is 2.31. The first kappa shape index (κ1) is 13.8. The van der Waals surface area contributed by atoms with Crippen molar-refractivity contribution in [2.24, 2.45) is 5.92 Å². The van der Waals surface area contributed by atoms with Crippen LogP contribution >= 0.6 is 11.3 Å². The third-order valence-corrected chi connectivity index (χ3v) is 4.14. The first-order valence-corrected chi connectivity index (χ1v) is 7.72. The largest absolute Gasteiger partial charge is 0.351 e. The molecule has 1 heterocycles. The molecule has 1 aliphatic carbocycles. The number of anilines is 1. The molecule has 1 N–H and O–H groups in total. The molecule has 18 heavy (non-hydrogen) atoms. The highest BCUT2D eigenvalue weighted by molar-refractivity contribution is 7.13. The van der Waals surface area contributed by atoms with Gasteiger partial charge in [0.2, 0.25) is 0 Å². The average molecular weight is 267 g/mol. The Bertz CT molecular complexity index is 377. The summed E-state index contributed by atoms with van der Waals surface area (Å²) in [7, 11) is 2.16. The zero-order valence-electron chi connectivity index (χ0n) is 12.0. The van der Waals surface area contributed by atoms with Crippen molar-refractivity contribution in [3.8, 4) is 0 Å². The van der Waals surface area contributed by atoms with Crippen LogP contribution in [-0.4, -0.2) is 30.7 Å². The number of rotatable bonds is 6. The zero-order valence-corrected chi connectivity index (χ0v) is 12.8. The van der Waals surface area contributed by atoms with Crippen LogP contribution in [0.3, 0.4) is 0 Å². The molecule has 2 rings (SSSR count). The predicted molar refractivity (Wildman–Crippen MR) is 79.6 cm³/mol. The molecule has 1 fully saturated rings. The fraction of sp³-hybridized carbons (Fsp3) is 0.786. The summed E-state index contributed by atoms with van der Waals surface area (Å²) < 4.78 is 0. The third kappa shape index (κ3) is 4.58. The van der Waals surface area contributed by atoms with Crippen molar-refractivity contribution in [2.45, 2.75) is 45.6 Å². The van der Waals surface area contributed by atoms with Gasteiger partial charge in [-0.05, 0) is 39.5 Å². The van der Waals surface area contributed by atoms with Crippen LogP contribution in [0.2, 0.25) is 0 Å². The van der Waals surface area contributed by atoms with E-state index >= 15 is 0 Å². The molecular formula is C14H25N3S. The fourth-order valence-electron chi connectivity index (χ4n) is 1.92. The minimum Gasteiger partial charge on any atom is -0.351 e. The number of nitrogens with zero attached hydrogens (tertiary/aromatic N) is 2. The van der Waals surface area contributed by atoms with Gasteiger partial charge < -0.3 is 10.2 Å². The van der Waals surface area contributed by atoms with Gasteiger partial charge in [0.15, 0.2) is 5.13 Å². The first-order chi connectivity index (χ1) is 8.44. The molecule has 1 aliphatic rings. The van der Waals surface area contributed by atoms with Gasteiger partial charge in [-0.1, -0.05) is 0 Å². The summed E-state index contributed by atoms with van der Waals surface area (Å²) in [4.78, 5) is 7.02. The number of nitrogens with one attached hydrogen (secondary N) is 1. The number of aromatic nitrogens is 1. The molecule has 1 saturated carbocycles. The lowest BCUT2D eigenvalue weighted by Gasteiger charge is -2.20. The van der Waals surface area contributed by atoms with Gasteiger partial charge in [-0.15, -0.1) is 11.3 Å². The molecule has 102 valence electrons. The lowest BCUT2D eigenvalue weighted by atomic mass is 10.1. The van der Waals surface area contributed by atoms with Crippen LogP contribution in [0.4, 0.5) is 5.13 Å². The molecular weight excluding hydrogens is 242 g/mol. The molecule has 0 bridgehead atoms. The molecule has 0 unspecified atom stereocenters. The number of thiazole rings is 1. The van der Waals surface area contributed by atoms with Crippen molar-refractivity contribution in [3.05, 3.63) is 11.1 Å². The third-order valence-electron chi connectivity index (χ3n) is 3.13. The summed E-state index contributed by atoms with van der Waals surface area (Å²) in [5, 5.41) is 6.87. The number of hydrogen-bond acceptors (Lipinski definition) is 4. The maximum absolute atomic E-state index is 4.72. The fourth-order valence-corrected chi connectivity index (χ4v) is 2.75. The van der Waals surface area contributed by atoms with E-state index in [1.807, 2.05) is 0 Å². The summed E-state index contributed by atoms with van der Waals surface area (Å²) >= 11 is 1.77. The number of hydrogen-bond donors (Lipinski definition) is 1. The molecule has 0 atom stereocenters. The second-order valence-corrected chi connectivity index (χ2v) is 7.21. The van der Waals surface area contributed by atoms with Gasteiger partial charge in [0.1, 0.15) is 0 Å². The quantitative estimate of drug-likeness (QED) is 0.859. The summed E-state index contributed by atoms with van der Waals surface area (Å²) in [5.74, 6) is 0.921. The molecule has 1 aromatic rings. The minimum atomic E-state index is 0.196. The van der Waals surface area contributed by atoms with Crippen molar-refractivity contribution in [2.75, 3.05) is 25.0 Å². The molecule has 3 nitrogen and oxygen atoms in total. The summed E-state index contributed by atoms with van der Waals surface area (Å²) in [6.45, 7) is 8.76. The summed E-state index contributed by atoms with van der Waals surface area (Å²) in [6.07, 6.45) is 3.82. The van der Waals surface area contributed by atoms with E-state index in [1.54, 1.807) is 11.3 Å². The Morgan fingerprint density at radius 1 is 1.44 bits per heavy atom. The van der Waals surface area contributed by atoms with Crippen LogP contribution in [0.5, 0.6) is 0 Å². The monoisotopic (exact) mass is 267 g/mol. The van der Waals surface area contributed by atoms with Gasteiger partial charge in [0.25, 0.3) is 0 Å².